The van der Waals surface area contributed by atoms with E-state index in [1.165, 1.54) is 12.3 Å². The number of carbonyl (C=O) groups excluding carboxylic acids is 1. The Balaban J connectivity index is 2.01. The molecule has 1 unspecified atom stereocenters. The summed E-state index contributed by atoms with van der Waals surface area (Å²) in [6, 6.07) is 1.21. The first-order valence-electron chi connectivity index (χ1n) is 5.01. The highest BCUT2D eigenvalue weighted by Gasteiger charge is 2.20. The average molecular weight is 209 g/mol. The summed E-state index contributed by atoms with van der Waals surface area (Å²) >= 11 is 0. The van der Waals surface area contributed by atoms with Crippen molar-refractivity contribution in [2.75, 3.05) is 6.61 Å². The summed E-state index contributed by atoms with van der Waals surface area (Å²) in [5.74, 6) is -0.581. The van der Waals surface area contributed by atoms with Crippen LogP contribution < -0.4 is 0 Å². The lowest BCUT2D eigenvalue weighted by Gasteiger charge is -2.07. The molecule has 0 radical (unpaired) electrons. The quantitative estimate of drug-likeness (QED) is 0.714. The largest absolute Gasteiger partial charge is 0.378 e. The summed E-state index contributed by atoms with van der Waals surface area (Å²) in [6.07, 6.45) is 4.71. The van der Waals surface area contributed by atoms with Crippen molar-refractivity contribution >= 4 is 5.78 Å². The molecule has 3 nitrogen and oxygen atoms in total. The zero-order valence-electron chi connectivity index (χ0n) is 8.28. The molecule has 15 heavy (non-hydrogen) atoms. The van der Waals surface area contributed by atoms with Crippen molar-refractivity contribution in [3.05, 3.63) is 29.8 Å². The van der Waals surface area contributed by atoms with Crippen molar-refractivity contribution in [3.8, 4) is 0 Å². The minimum atomic E-state index is -0.479. The standard InChI is InChI=1S/C11H12FNO2/c12-9-4-8(6-13-7-9)11(14)5-10-2-1-3-15-10/h4,6-7,10H,1-3,5H2. The van der Waals surface area contributed by atoms with Gasteiger partial charge in [0.15, 0.2) is 5.78 Å². The second kappa shape index (κ2) is 4.49. The number of hydrogen-bond donors (Lipinski definition) is 0. The van der Waals surface area contributed by atoms with Gasteiger partial charge in [0.1, 0.15) is 5.82 Å². The van der Waals surface area contributed by atoms with Crippen LogP contribution in [0.15, 0.2) is 18.5 Å². The van der Waals surface area contributed by atoms with Crippen LogP contribution in [0.2, 0.25) is 0 Å². The molecule has 0 amide bonds. The lowest BCUT2D eigenvalue weighted by atomic mass is 10.1. The van der Waals surface area contributed by atoms with Crippen LogP contribution >= 0.6 is 0 Å². The number of rotatable bonds is 3. The molecule has 1 saturated heterocycles. The van der Waals surface area contributed by atoms with Crippen LogP contribution in [0, 0.1) is 5.82 Å². The average Bonchev–Trinajstić information content (AvgIpc) is 2.70. The maximum absolute atomic E-state index is 12.8. The second-order valence-electron chi connectivity index (χ2n) is 3.65. The molecular weight excluding hydrogens is 197 g/mol. The minimum Gasteiger partial charge on any atom is -0.378 e. The predicted octanol–water partition coefficient (Wildman–Crippen LogP) is 1.97. The van der Waals surface area contributed by atoms with Gasteiger partial charge in [0.05, 0.1) is 12.3 Å². The minimum absolute atomic E-state index is 0.000711. The number of ketones is 1. The maximum Gasteiger partial charge on any atom is 0.167 e. The first-order valence-corrected chi connectivity index (χ1v) is 5.01. The summed E-state index contributed by atoms with van der Waals surface area (Å²) in [7, 11) is 0. The predicted molar refractivity (Wildman–Crippen MR) is 52.1 cm³/mol. The van der Waals surface area contributed by atoms with Crippen molar-refractivity contribution in [2.24, 2.45) is 0 Å². The van der Waals surface area contributed by atoms with Gasteiger partial charge in [-0.1, -0.05) is 0 Å². The summed E-state index contributed by atoms with van der Waals surface area (Å²) in [5, 5.41) is 0. The molecule has 0 aliphatic carbocycles. The summed E-state index contributed by atoms with van der Waals surface area (Å²) in [5.41, 5.74) is 0.325. The zero-order valence-corrected chi connectivity index (χ0v) is 8.28. The first-order chi connectivity index (χ1) is 7.25. The molecule has 0 aromatic carbocycles. The molecule has 1 fully saturated rings. The molecule has 1 aliphatic rings. The van der Waals surface area contributed by atoms with E-state index in [0.29, 0.717) is 12.0 Å². The van der Waals surface area contributed by atoms with Crippen LogP contribution in [-0.2, 0) is 4.74 Å². The van der Waals surface area contributed by atoms with Gasteiger partial charge in [-0.2, -0.15) is 0 Å². The van der Waals surface area contributed by atoms with Crippen molar-refractivity contribution < 1.29 is 13.9 Å². The van der Waals surface area contributed by atoms with Crippen LogP contribution in [0.1, 0.15) is 29.6 Å². The van der Waals surface area contributed by atoms with Crippen LogP contribution in [0.25, 0.3) is 0 Å². The Labute approximate surface area is 87.3 Å². The fourth-order valence-electron chi connectivity index (χ4n) is 1.69. The highest BCUT2D eigenvalue weighted by Crippen LogP contribution is 2.17. The van der Waals surface area contributed by atoms with E-state index in [1.54, 1.807) is 0 Å². The highest BCUT2D eigenvalue weighted by atomic mass is 19.1. The number of hydrogen-bond acceptors (Lipinski definition) is 3. The topological polar surface area (TPSA) is 39.2 Å². The van der Waals surface area contributed by atoms with E-state index < -0.39 is 5.82 Å². The Morgan fingerprint density at radius 3 is 3.13 bits per heavy atom. The summed E-state index contributed by atoms with van der Waals surface area (Å²) in [4.78, 5) is 15.3. The molecule has 1 aliphatic heterocycles. The molecule has 0 spiro atoms. The van der Waals surface area contributed by atoms with Crippen LogP contribution in [0.4, 0.5) is 4.39 Å². The van der Waals surface area contributed by atoms with E-state index in [1.807, 2.05) is 0 Å². The number of carbonyl (C=O) groups is 1. The third-order valence-electron chi connectivity index (χ3n) is 2.46. The molecule has 80 valence electrons. The van der Waals surface area contributed by atoms with Gasteiger partial charge >= 0.3 is 0 Å². The van der Waals surface area contributed by atoms with Crippen molar-refractivity contribution in [2.45, 2.75) is 25.4 Å². The molecule has 2 heterocycles. The van der Waals surface area contributed by atoms with Crippen molar-refractivity contribution in [3.63, 3.8) is 0 Å². The highest BCUT2D eigenvalue weighted by molar-refractivity contribution is 5.96. The number of ether oxygens (including phenoxy) is 1. The fourth-order valence-corrected chi connectivity index (χ4v) is 1.69. The van der Waals surface area contributed by atoms with Gasteiger partial charge < -0.3 is 4.74 Å². The van der Waals surface area contributed by atoms with Gasteiger partial charge in [0.25, 0.3) is 0 Å². The van der Waals surface area contributed by atoms with Gasteiger partial charge in [0.2, 0.25) is 0 Å². The van der Waals surface area contributed by atoms with Gasteiger partial charge in [-0.15, -0.1) is 0 Å². The Morgan fingerprint density at radius 2 is 2.47 bits per heavy atom. The molecule has 1 aromatic rings. The van der Waals surface area contributed by atoms with Gasteiger partial charge in [-0.3, -0.25) is 9.78 Å². The maximum atomic E-state index is 12.8. The second-order valence-corrected chi connectivity index (χ2v) is 3.65. The Bertz CT molecular complexity index is 361. The Morgan fingerprint density at radius 1 is 1.60 bits per heavy atom. The number of aromatic nitrogens is 1. The fraction of sp³-hybridized carbons (Fsp3) is 0.455. The smallest absolute Gasteiger partial charge is 0.167 e. The van der Waals surface area contributed by atoms with E-state index >= 15 is 0 Å². The normalized spacial score (nSPS) is 20.5. The van der Waals surface area contributed by atoms with Gasteiger partial charge in [-0.05, 0) is 18.9 Å². The Kier molecular flexibility index (Phi) is 3.06. The monoisotopic (exact) mass is 209 g/mol. The van der Waals surface area contributed by atoms with Crippen LogP contribution in [0.3, 0.4) is 0 Å². The lowest BCUT2D eigenvalue weighted by molar-refractivity contribution is 0.0775. The molecule has 0 saturated carbocycles. The van der Waals surface area contributed by atoms with Crippen LogP contribution in [-0.4, -0.2) is 23.5 Å². The van der Waals surface area contributed by atoms with E-state index in [0.717, 1.165) is 25.6 Å². The van der Waals surface area contributed by atoms with Gasteiger partial charge in [-0.25, -0.2) is 4.39 Å². The van der Waals surface area contributed by atoms with E-state index in [4.69, 9.17) is 4.74 Å². The zero-order chi connectivity index (χ0) is 10.7. The number of Topliss-reactive ketones (excluding diaryl/α,β-unsaturated/α-hetero) is 1. The molecule has 1 atom stereocenters. The third kappa shape index (κ3) is 2.59. The lowest BCUT2D eigenvalue weighted by Crippen LogP contribution is -2.12. The molecule has 0 N–H and O–H groups in total. The SMILES string of the molecule is O=C(CC1CCCO1)c1cncc(F)c1. The Hall–Kier alpha value is -1.29. The van der Waals surface area contributed by atoms with Crippen LogP contribution in [0.5, 0.6) is 0 Å². The van der Waals surface area contributed by atoms with E-state index in [2.05, 4.69) is 4.98 Å². The van der Waals surface area contributed by atoms with Crippen molar-refractivity contribution in [1.82, 2.24) is 4.98 Å². The number of pyridine rings is 1. The summed E-state index contributed by atoms with van der Waals surface area (Å²) < 4.78 is 18.1. The van der Waals surface area contributed by atoms with Crippen molar-refractivity contribution in [1.29, 1.82) is 0 Å². The number of halogens is 1. The number of nitrogens with zero attached hydrogens (tertiary/aromatic N) is 1. The summed E-state index contributed by atoms with van der Waals surface area (Å²) in [6.45, 7) is 0.722. The molecule has 4 heteroatoms. The molecular formula is C11H12FNO2. The van der Waals surface area contributed by atoms with E-state index in [-0.39, 0.29) is 11.9 Å². The molecule has 0 bridgehead atoms. The molecule has 2 rings (SSSR count). The van der Waals surface area contributed by atoms with E-state index in [9.17, 15) is 9.18 Å². The third-order valence-corrected chi connectivity index (χ3v) is 2.46. The first kappa shape index (κ1) is 10.2. The van der Waals surface area contributed by atoms with Gasteiger partial charge in [0, 0.05) is 24.8 Å². The molecule has 1 aromatic heterocycles.